The smallest absolute Gasteiger partial charge is 0.337 e. The monoisotopic (exact) mass is 474 g/mol. The number of carbonyl (C=O) groups is 1. The number of ether oxygens (including phenoxy) is 2. The van der Waals surface area contributed by atoms with Gasteiger partial charge in [0.15, 0.2) is 5.82 Å². The van der Waals surface area contributed by atoms with Crippen molar-refractivity contribution >= 4 is 29.5 Å². The molecular weight excluding hydrogens is 444 g/mol. The molecule has 3 aromatic rings. The summed E-state index contributed by atoms with van der Waals surface area (Å²) in [6.45, 7) is 0.770. The van der Waals surface area contributed by atoms with E-state index in [-0.39, 0.29) is 12.2 Å². The van der Waals surface area contributed by atoms with Crippen LogP contribution in [0.15, 0.2) is 36.4 Å². The molecule has 9 nitrogen and oxygen atoms in total. The molecule has 0 amide bonds. The Morgan fingerprint density at radius 2 is 1.91 bits per heavy atom. The van der Waals surface area contributed by atoms with Gasteiger partial charge in [-0.15, -0.1) is 5.10 Å². The van der Waals surface area contributed by atoms with E-state index in [1.165, 1.54) is 13.3 Å². The number of esters is 1. The molecule has 1 aliphatic carbocycles. The van der Waals surface area contributed by atoms with Crippen LogP contribution in [0.5, 0.6) is 0 Å². The van der Waals surface area contributed by atoms with Crippen molar-refractivity contribution in [2.75, 3.05) is 24.4 Å². The van der Waals surface area contributed by atoms with E-state index in [1.54, 1.807) is 16.8 Å². The Kier molecular flexibility index (Phi) is 6.50. The van der Waals surface area contributed by atoms with Crippen LogP contribution in [0, 0.1) is 5.41 Å². The highest BCUT2D eigenvalue weighted by Crippen LogP contribution is 2.47. The van der Waals surface area contributed by atoms with Gasteiger partial charge in [0.1, 0.15) is 6.23 Å². The minimum Gasteiger partial charge on any atom is -0.465 e. The van der Waals surface area contributed by atoms with Crippen molar-refractivity contribution < 1.29 is 14.3 Å². The lowest BCUT2D eigenvalue weighted by Gasteiger charge is -2.26. The van der Waals surface area contributed by atoms with Gasteiger partial charge in [0.05, 0.1) is 12.7 Å². The quantitative estimate of drug-likeness (QED) is 0.317. The zero-order valence-electron chi connectivity index (χ0n) is 20.0. The van der Waals surface area contributed by atoms with Gasteiger partial charge in [0, 0.05) is 42.4 Å². The lowest BCUT2D eigenvalue weighted by atomic mass is 9.99. The first-order valence-corrected chi connectivity index (χ1v) is 12.0. The van der Waals surface area contributed by atoms with E-state index >= 15 is 0 Å². The molecule has 1 saturated carbocycles. The average Bonchev–Trinajstić information content (AvgIpc) is 3.67. The van der Waals surface area contributed by atoms with E-state index in [9.17, 15) is 4.79 Å². The van der Waals surface area contributed by atoms with Gasteiger partial charge in [-0.05, 0) is 67.9 Å². The van der Waals surface area contributed by atoms with Crippen LogP contribution >= 0.6 is 0 Å². The summed E-state index contributed by atoms with van der Waals surface area (Å²) in [5.41, 5.74) is 5.18. The van der Waals surface area contributed by atoms with Crippen LogP contribution in [0.3, 0.4) is 0 Å². The van der Waals surface area contributed by atoms with Crippen LogP contribution in [0.25, 0.3) is 11.4 Å². The first-order chi connectivity index (χ1) is 17.1. The molecule has 1 unspecified atom stereocenters. The van der Waals surface area contributed by atoms with Crippen LogP contribution in [0.1, 0.15) is 59.5 Å². The standard InChI is InChI=1S/C26H30N6O3/c1-32-26(30-24(31-32)17-8-10-18(11-9-17)25(33)34-2)29-21-13-12-20(28-22-5-3-4-14-35-22)19(15-27)23(21)16-6-7-16/h8-13,15-16,22,27-28H,3-7,14H2,1-2H3,(H,29,30,31). The maximum Gasteiger partial charge on any atom is 0.337 e. The summed E-state index contributed by atoms with van der Waals surface area (Å²) in [5, 5.41) is 19.7. The fourth-order valence-electron chi connectivity index (χ4n) is 4.48. The van der Waals surface area contributed by atoms with Gasteiger partial charge in [0.25, 0.3) is 0 Å². The summed E-state index contributed by atoms with van der Waals surface area (Å²) >= 11 is 0. The summed E-state index contributed by atoms with van der Waals surface area (Å²) in [7, 11) is 3.20. The third kappa shape index (κ3) is 4.90. The molecule has 1 saturated heterocycles. The van der Waals surface area contributed by atoms with Gasteiger partial charge >= 0.3 is 5.97 Å². The molecule has 1 atom stereocenters. The third-order valence-electron chi connectivity index (χ3n) is 6.49. The Morgan fingerprint density at radius 3 is 2.57 bits per heavy atom. The van der Waals surface area contributed by atoms with Gasteiger partial charge in [0.2, 0.25) is 5.95 Å². The maximum absolute atomic E-state index is 11.7. The van der Waals surface area contributed by atoms with Crippen molar-refractivity contribution in [2.24, 2.45) is 7.05 Å². The van der Waals surface area contributed by atoms with Crippen LogP contribution in [0.4, 0.5) is 17.3 Å². The van der Waals surface area contributed by atoms with Crippen molar-refractivity contribution in [1.82, 2.24) is 14.8 Å². The predicted octanol–water partition coefficient (Wildman–Crippen LogP) is 4.83. The third-order valence-corrected chi connectivity index (χ3v) is 6.49. The van der Waals surface area contributed by atoms with Crippen LogP contribution in [-0.4, -0.2) is 46.9 Å². The summed E-state index contributed by atoms with van der Waals surface area (Å²) < 4.78 is 12.3. The predicted molar refractivity (Wildman–Crippen MR) is 135 cm³/mol. The van der Waals surface area contributed by atoms with Crippen molar-refractivity contribution in [1.29, 1.82) is 5.41 Å². The summed E-state index contributed by atoms with van der Waals surface area (Å²) in [6, 6.07) is 11.1. The number of benzene rings is 2. The fraction of sp³-hybridized carbons (Fsp3) is 0.385. The highest BCUT2D eigenvalue weighted by Gasteiger charge is 2.30. The molecule has 1 aromatic heterocycles. The SMILES string of the molecule is COC(=O)c1ccc(-c2nc(Nc3ccc(NC4CCCCO4)c(C=N)c3C3CC3)n(C)n2)cc1. The number of hydrogen-bond acceptors (Lipinski definition) is 8. The van der Waals surface area contributed by atoms with Gasteiger partial charge in [-0.2, -0.15) is 4.98 Å². The van der Waals surface area contributed by atoms with E-state index < -0.39 is 0 Å². The number of nitrogens with zero attached hydrogens (tertiary/aromatic N) is 3. The molecule has 0 bridgehead atoms. The molecule has 2 heterocycles. The number of rotatable bonds is 8. The first-order valence-electron chi connectivity index (χ1n) is 12.0. The van der Waals surface area contributed by atoms with Crippen LogP contribution in [0.2, 0.25) is 0 Å². The molecule has 5 rings (SSSR count). The number of methoxy groups -OCH3 is 1. The van der Waals surface area contributed by atoms with Gasteiger partial charge < -0.3 is 25.5 Å². The number of hydrogen-bond donors (Lipinski definition) is 3. The van der Waals surface area contributed by atoms with E-state index in [0.29, 0.717) is 23.3 Å². The van der Waals surface area contributed by atoms with E-state index in [4.69, 9.17) is 19.9 Å². The van der Waals surface area contributed by atoms with E-state index in [0.717, 1.165) is 66.8 Å². The summed E-state index contributed by atoms with van der Waals surface area (Å²) in [6.07, 6.45) is 6.85. The molecule has 0 radical (unpaired) electrons. The summed E-state index contributed by atoms with van der Waals surface area (Å²) in [4.78, 5) is 16.4. The summed E-state index contributed by atoms with van der Waals surface area (Å²) in [5.74, 6) is 1.20. The van der Waals surface area contributed by atoms with Crippen molar-refractivity contribution in [3.8, 4) is 11.4 Å². The second kappa shape index (κ2) is 9.87. The average molecular weight is 475 g/mol. The Hall–Kier alpha value is -3.72. The van der Waals surface area contributed by atoms with Gasteiger partial charge in [-0.3, -0.25) is 0 Å². The van der Waals surface area contributed by atoms with Crippen molar-refractivity contribution in [3.05, 3.63) is 53.1 Å². The first kappa shape index (κ1) is 23.0. The van der Waals surface area contributed by atoms with Gasteiger partial charge in [-0.1, -0.05) is 12.1 Å². The Bertz CT molecular complexity index is 1230. The van der Waals surface area contributed by atoms with E-state index in [1.807, 2.05) is 31.3 Å². The van der Waals surface area contributed by atoms with E-state index in [2.05, 4.69) is 15.7 Å². The number of nitrogens with one attached hydrogen (secondary N) is 3. The maximum atomic E-state index is 11.7. The molecule has 35 heavy (non-hydrogen) atoms. The largest absolute Gasteiger partial charge is 0.465 e. The molecule has 182 valence electrons. The minimum atomic E-state index is -0.379. The fourth-order valence-corrected chi connectivity index (χ4v) is 4.48. The second-order valence-electron chi connectivity index (χ2n) is 8.98. The molecular formula is C26H30N6O3. The van der Waals surface area contributed by atoms with Crippen LogP contribution in [-0.2, 0) is 16.5 Å². The highest BCUT2D eigenvalue weighted by atomic mass is 16.5. The number of aromatic nitrogens is 3. The molecule has 2 aliphatic rings. The highest BCUT2D eigenvalue weighted by molar-refractivity contribution is 5.92. The number of carbonyl (C=O) groups excluding carboxylic acids is 1. The lowest BCUT2D eigenvalue weighted by Crippen LogP contribution is -2.27. The molecule has 9 heteroatoms. The lowest BCUT2D eigenvalue weighted by molar-refractivity contribution is 0.0343. The van der Waals surface area contributed by atoms with Crippen molar-refractivity contribution in [3.63, 3.8) is 0 Å². The molecule has 3 N–H and O–H groups in total. The molecule has 1 aliphatic heterocycles. The zero-order chi connectivity index (χ0) is 24.4. The van der Waals surface area contributed by atoms with Gasteiger partial charge in [-0.25, -0.2) is 9.48 Å². The molecule has 0 spiro atoms. The normalized spacial score (nSPS) is 17.6. The Morgan fingerprint density at radius 1 is 1.14 bits per heavy atom. The minimum absolute atomic E-state index is 0.0137. The molecule has 2 aromatic carbocycles. The Labute approximate surface area is 204 Å². The van der Waals surface area contributed by atoms with Crippen molar-refractivity contribution in [2.45, 2.75) is 44.2 Å². The zero-order valence-corrected chi connectivity index (χ0v) is 20.0. The topological polar surface area (TPSA) is 114 Å². The number of anilines is 3. The van der Waals surface area contributed by atoms with Crippen LogP contribution < -0.4 is 10.6 Å². The number of aryl methyl sites for hydroxylation is 1. The Balaban J connectivity index is 1.41. The second-order valence-corrected chi connectivity index (χ2v) is 8.98. The molecule has 2 fully saturated rings.